The van der Waals surface area contributed by atoms with Gasteiger partial charge >= 0.3 is 0 Å². The normalized spacial score (nSPS) is 19.2. The number of carbonyl (C=O) groups excluding carboxylic acids is 1. The Labute approximate surface area is 175 Å². The summed E-state index contributed by atoms with van der Waals surface area (Å²) in [5.41, 5.74) is 10.7. The fraction of sp³-hybridized carbons (Fsp3) is 0.348. The van der Waals surface area contributed by atoms with Gasteiger partial charge in [0.1, 0.15) is 5.78 Å². The first-order valence-electron chi connectivity index (χ1n) is 9.83. The van der Waals surface area contributed by atoms with E-state index in [1.54, 1.807) is 19.3 Å². The SMILES string of the molecule is [C-]#[N+]c1cc2c(-c3cncc(N)c3Cl)cn(C3CCCC(C(C)=O)C3)c2cc1C. The first-order chi connectivity index (χ1) is 13.9. The summed E-state index contributed by atoms with van der Waals surface area (Å²) in [6, 6.07) is 4.23. The smallest absolute Gasteiger partial charge is 0.190 e. The van der Waals surface area contributed by atoms with Crippen LogP contribution in [0.1, 0.15) is 44.2 Å². The molecule has 2 unspecified atom stereocenters. The third-order valence-electron chi connectivity index (χ3n) is 6.08. The van der Waals surface area contributed by atoms with Crippen LogP contribution in [-0.4, -0.2) is 15.3 Å². The summed E-state index contributed by atoms with van der Waals surface area (Å²) in [6.07, 6.45) is 9.21. The average molecular weight is 407 g/mol. The highest BCUT2D eigenvalue weighted by molar-refractivity contribution is 6.36. The number of rotatable bonds is 3. The molecule has 1 aliphatic carbocycles. The molecule has 5 nitrogen and oxygen atoms in total. The third kappa shape index (κ3) is 3.38. The monoisotopic (exact) mass is 406 g/mol. The number of carbonyl (C=O) groups is 1. The molecule has 1 fully saturated rings. The molecule has 0 amide bonds. The maximum Gasteiger partial charge on any atom is 0.190 e. The van der Waals surface area contributed by atoms with Crippen LogP contribution in [0.3, 0.4) is 0 Å². The molecular weight excluding hydrogens is 384 g/mol. The van der Waals surface area contributed by atoms with Crippen LogP contribution >= 0.6 is 11.6 Å². The average Bonchev–Trinajstić information content (AvgIpc) is 3.07. The Balaban J connectivity index is 1.94. The van der Waals surface area contributed by atoms with E-state index in [9.17, 15) is 4.79 Å². The van der Waals surface area contributed by atoms with Crippen LogP contribution < -0.4 is 5.73 Å². The van der Waals surface area contributed by atoms with Gasteiger partial charge in [0.2, 0.25) is 0 Å². The molecule has 1 aromatic carbocycles. The van der Waals surface area contributed by atoms with Crippen molar-refractivity contribution < 1.29 is 4.79 Å². The number of hydrogen-bond donors (Lipinski definition) is 1. The van der Waals surface area contributed by atoms with Crippen molar-refractivity contribution in [3.8, 4) is 11.1 Å². The number of halogens is 1. The largest absolute Gasteiger partial charge is 0.396 e. The van der Waals surface area contributed by atoms with Gasteiger partial charge in [-0.25, -0.2) is 4.85 Å². The zero-order valence-corrected chi connectivity index (χ0v) is 17.3. The van der Waals surface area contributed by atoms with Crippen molar-refractivity contribution in [2.45, 2.75) is 45.6 Å². The predicted molar refractivity (Wildman–Crippen MR) is 117 cm³/mol. The Morgan fingerprint density at radius 3 is 2.83 bits per heavy atom. The minimum absolute atomic E-state index is 0.107. The molecule has 29 heavy (non-hydrogen) atoms. The first kappa shape index (κ1) is 19.5. The number of anilines is 1. The zero-order chi connectivity index (χ0) is 20.7. The fourth-order valence-corrected chi connectivity index (χ4v) is 4.66. The number of ketones is 1. The molecule has 0 bridgehead atoms. The maximum atomic E-state index is 12.0. The van der Waals surface area contributed by atoms with Crippen molar-refractivity contribution in [1.82, 2.24) is 9.55 Å². The molecule has 0 saturated heterocycles. The molecule has 3 aromatic rings. The Morgan fingerprint density at radius 1 is 1.31 bits per heavy atom. The van der Waals surface area contributed by atoms with Gasteiger partial charge in [-0.05, 0) is 56.2 Å². The number of aryl methyl sites for hydroxylation is 1. The Kier molecular flexibility index (Phi) is 5.06. The highest BCUT2D eigenvalue weighted by atomic mass is 35.5. The van der Waals surface area contributed by atoms with Crippen molar-refractivity contribution in [1.29, 1.82) is 0 Å². The predicted octanol–water partition coefficient (Wildman–Crippen LogP) is 6.12. The van der Waals surface area contributed by atoms with E-state index >= 15 is 0 Å². The van der Waals surface area contributed by atoms with Gasteiger partial charge in [-0.15, -0.1) is 0 Å². The second kappa shape index (κ2) is 7.53. The molecule has 6 heteroatoms. The minimum Gasteiger partial charge on any atom is -0.396 e. The van der Waals surface area contributed by atoms with Gasteiger partial charge in [0, 0.05) is 41.0 Å². The zero-order valence-electron chi connectivity index (χ0n) is 16.6. The maximum absolute atomic E-state index is 12.0. The van der Waals surface area contributed by atoms with Gasteiger partial charge in [0.05, 0.1) is 23.5 Å². The van der Waals surface area contributed by atoms with E-state index in [0.29, 0.717) is 16.4 Å². The number of nitrogen functional groups attached to an aromatic ring is 1. The molecule has 0 radical (unpaired) electrons. The molecule has 148 valence electrons. The molecule has 0 spiro atoms. The van der Waals surface area contributed by atoms with E-state index < -0.39 is 0 Å². The number of benzene rings is 1. The van der Waals surface area contributed by atoms with E-state index in [0.717, 1.165) is 53.3 Å². The van der Waals surface area contributed by atoms with E-state index in [1.165, 1.54) is 0 Å². The summed E-state index contributed by atoms with van der Waals surface area (Å²) in [5.74, 6) is 0.372. The van der Waals surface area contributed by atoms with Crippen LogP contribution in [0.5, 0.6) is 0 Å². The van der Waals surface area contributed by atoms with Crippen molar-refractivity contribution >= 4 is 39.7 Å². The number of nitrogens with zero attached hydrogens (tertiary/aromatic N) is 3. The van der Waals surface area contributed by atoms with E-state index in [-0.39, 0.29) is 17.7 Å². The van der Waals surface area contributed by atoms with Crippen LogP contribution in [0.2, 0.25) is 5.02 Å². The second-order valence-electron chi connectivity index (χ2n) is 7.94. The van der Waals surface area contributed by atoms with Crippen LogP contribution in [0.15, 0.2) is 30.7 Å². The van der Waals surface area contributed by atoms with Crippen molar-refractivity contribution in [3.63, 3.8) is 0 Å². The summed E-state index contributed by atoms with van der Waals surface area (Å²) < 4.78 is 2.26. The molecule has 2 atom stereocenters. The van der Waals surface area contributed by atoms with E-state index in [2.05, 4.69) is 26.7 Å². The van der Waals surface area contributed by atoms with Crippen molar-refractivity contribution in [2.75, 3.05) is 5.73 Å². The van der Waals surface area contributed by atoms with E-state index in [4.69, 9.17) is 23.9 Å². The number of pyridine rings is 1. The van der Waals surface area contributed by atoms with Gasteiger partial charge in [-0.3, -0.25) is 9.78 Å². The van der Waals surface area contributed by atoms with Crippen LogP contribution in [0.4, 0.5) is 11.4 Å². The van der Waals surface area contributed by atoms with Crippen LogP contribution in [0, 0.1) is 19.4 Å². The number of nitrogens with two attached hydrogens (primary N) is 1. The molecular formula is C23H23ClN4O. The quantitative estimate of drug-likeness (QED) is 0.533. The summed E-state index contributed by atoms with van der Waals surface area (Å²) in [7, 11) is 0. The van der Waals surface area contributed by atoms with Gasteiger partial charge < -0.3 is 10.3 Å². The first-order valence-corrected chi connectivity index (χ1v) is 10.2. The lowest BCUT2D eigenvalue weighted by Crippen LogP contribution is -2.23. The van der Waals surface area contributed by atoms with Gasteiger partial charge in [0.25, 0.3) is 0 Å². The number of hydrogen-bond acceptors (Lipinski definition) is 3. The highest BCUT2D eigenvalue weighted by Crippen LogP contribution is 2.43. The molecule has 2 aromatic heterocycles. The molecule has 2 heterocycles. The Bertz CT molecular complexity index is 1160. The molecule has 4 rings (SSSR count). The topological polar surface area (TPSA) is 65.3 Å². The van der Waals surface area contributed by atoms with Crippen molar-refractivity contribution in [3.05, 3.63) is 52.7 Å². The molecule has 0 aliphatic heterocycles. The summed E-state index contributed by atoms with van der Waals surface area (Å²) in [5, 5.41) is 1.43. The fourth-order valence-electron chi connectivity index (χ4n) is 4.46. The van der Waals surface area contributed by atoms with Gasteiger partial charge in [-0.1, -0.05) is 18.0 Å². The van der Waals surface area contributed by atoms with Crippen LogP contribution in [-0.2, 0) is 4.79 Å². The number of aromatic nitrogens is 2. The van der Waals surface area contributed by atoms with Gasteiger partial charge in [-0.2, -0.15) is 0 Å². The Hall–Kier alpha value is -2.84. The minimum atomic E-state index is 0.107. The Morgan fingerprint density at radius 2 is 2.10 bits per heavy atom. The van der Waals surface area contributed by atoms with Crippen LogP contribution in [0.25, 0.3) is 26.9 Å². The van der Waals surface area contributed by atoms with E-state index in [1.807, 2.05) is 13.0 Å². The standard InChI is InChI=1S/C23H23ClN4O/c1-13-7-22-17(9-21(13)26-3)19(18-10-27-11-20(25)23(18)24)12-28(22)16-6-4-5-15(8-16)14(2)29/h7,9-12,15-16H,4-6,8,25H2,1-2H3. The lowest BCUT2D eigenvalue weighted by Gasteiger charge is -2.29. The van der Waals surface area contributed by atoms with Crippen molar-refractivity contribution in [2.24, 2.45) is 5.92 Å². The lowest BCUT2D eigenvalue weighted by molar-refractivity contribution is -0.122. The molecule has 1 saturated carbocycles. The highest BCUT2D eigenvalue weighted by Gasteiger charge is 2.28. The molecule has 2 N–H and O–H groups in total. The second-order valence-corrected chi connectivity index (χ2v) is 8.31. The lowest BCUT2D eigenvalue weighted by atomic mass is 9.83. The molecule has 1 aliphatic rings. The number of fused-ring (bicyclic) bond motifs is 1. The third-order valence-corrected chi connectivity index (χ3v) is 6.51. The summed E-state index contributed by atoms with van der Waals surface area (Å²) >= 11 is 6.51. The summed E-state index contributed by atoms with van der Waals surface area (Å²) in [4.78, 5) is 19.9. The number of Topliss-reactive ketones (excluding diaryl/α,β-unsaturated/α-hetero) is 1. The van der Waals surface area contributed by atoms with Gasteiger partial charge in [0.15, 0.2) is 5.69 Å². The summed E-state index contributed by atoms with van der Waals surface area (Å²) in [6.45, 7) is 11.2.